The smallest absolute Gasteiger partial charge is 0.320 e. The maximum atomic E-state index is 10.0. The topological polar surface area (TPSA) is 190 Å². The highest BCUT2D eigenvalue weighted by Gasteiger charge is 2.15. The fraction of sp³-hybridized carbons (Fsp3) is 0.800. The fourth-order valence-electron chi connectivity index (χ4n) is 0.855. The van der Waals surface area contributed by atoms with Crippen LogP contribution >= 0.6 is 0 Å². The standard InChI is InChI=1S/3C5H11NO2.3FH/c3*1-3(2)4(6)5(7)8;;;/h3*3-4H,6H2,1-2H3,(H,7,8);3*1H/t3*4-;;;/m000.../s1. The Hall–Kier alpha value is -1.92. The van der Waals surface area contributed by atoms with Crippen LogP contribution in [0.4, 0.5) is 14.1 Å². The molecule has 0 heterocycles. The van der Waals surface area contributed by atoms with Gasteiger partial charge in [-0.05, 0) is 17.8 Å². The van der Waals surface area contributed by atoms with E-state index >= 15 is 0 Å². The summed E-state index contributed by atoms with van der Waals surface area (Å²) in [5, 5.41) is 24.7. The van der Waals surface area contributed by atoms with E-state index in [1.54, 1.807) is 41.5 Å². The average Bonchev–Trinajstić information content (AvgIpc) is 2.45. The highest BCUT2D eigenvalue weighted by molar-refractivity contribution is 5.74. The second-order valence-electron chi connectivity index (χ2n) is 6.32. The maximum Gasteiger partial charge on any atom is 0.320 e. The van der Waals surface area contributed by atoms with Gasteiger partial charge in [-0.3, -0.25) is 28.5 Å². The van der Waals surface area contributed by atoms with E-state index in [-0.39, 0.29) is 31.9 Å². The molecule has 0 rings (SSSR count). The Balaban J connectivity index is -0.0000000580. The van der Waals surface area contributed by atoms with Gasteiger partial charge in [0, 0.05) is 0 Å². The fourth-order valence-corrected chi connectivity index (χ4v) is 0.855. The minimum atomic E-state index is -0.931. The summed E-state index contributed by atoms with van der Waals surface area (Å²) in [4.78, 5) is 30.0. The zero-order valence-corrected chi connectivity index (χ0v) is 16.5. The van der Waals surface area contributed by atoms with E-state index in [1.165, 1.54) is 0 Å². The molecule has 0 aromatic carbocycles. The van der Waals surface area contributed by atoms with Gasteiger partial charge in [0.2, 0.25) is 0 Å². The molecule has 0 aromatic rings. The van der Waals surface area contributed by atoms with Crippen LogP contribution in [0, 0.1) is 17.8 Å². The Morgan fingerprint density at radius 1 is 0.519 bits per heavy atom. The number of hydrogen-bond donors (Lipinski definition) is 6. The van der Waals surface area contributed by atoms with E-state index in [2.05, 4.69) is 0 Å². The molecule has 0 aromatic heterocycles. The van der Waals surface area contributed by atoms with Crippen molar-refractivity contribution >= 4 is 17.9 Å². The van der Waals surface area contributed by atoms with Gasteiger partial charge in [0.25, 0.3) is 0 Å². The summed E-state index contributed by atoms with van der Waals surface area (Å²) in [5.41, 5.74) is 15.5. The van der Waals surface area contributed by atoms with Gasteiger partial charge in [-0.25, -0.2) is 0 Å². The zero-order valence-electron chi connectivity index (χ0n) is 16.5. The van der Waals surface area contributed by atoms with Gasteiger partial charge in [0.15, 0.2) is 0 Å². The number of rotatable bonds is 6. The van der Waals surface area contributed by atoms with Gasteiger partial charge in [-0.2, -0.15) is 0 Å². The molecule has 9 nitrogen and oxygen atoms in total. The quantitative estimate of drug-likeness (QED) is 0.364. The lowest BCUT2D eigenvalue weighted by atomic mass is 10.1. The van der Waals surface area contributed by atoms with Crippen molar-refractivity contribution in [3.05, 3.63) is 0 Å². The molecule has 0 radical (unpaired) electrons. The van der Waals surface area contributed by atoms with Crippen LogP contribution in [0.1, 0.15) is 41.5 Å². The number of nitrogens with two attached hydrogens (primary N) is 3. The molecule has 0 fully saturated rings. The third-order valence-corrected chi connectivity index (χ3v) is 3.01. The van der Waals surface area contributed by atoms with Crippen LogP contribution in [0.5, 0.6) is 0 Å². The average molecular weight is 411 g/mol. The van der Waals surface area contributed by atoms with Crippen LogP contribution in [0.15, 0.2) is 0 Å². The molecule has 0 aliphatic carbocycles. The van der Waals surface area contributed by atoms with E-state index in [0.717, 1.165) is 0 Å². The first-order valence-electron chi connectivity index (χ1n) is 7.61. The number of aliphatic carboxylic acids is 3. The summed E-state index contributed by atoms with van der Waals surface area (Å²) in [6.45, 7) is 10.7. The molecule has 0 bridgehead atoms. The predicted molar refractivity (Wildman–Crippen MR) is 98.9 cm³/mol. The Labute approximate surface area is 157 Å². The molecule has 0 aliphatic rings. The summed E-state index contributed by atoms with van der Waals surface area (Å²) in [5.74, 6) is -2.73. The number of halogens is 3. The first-order chi connectivity index (χ1) is 10.7. The van der Waals surface area contributed by atoms with E-state index in [0.29, 0.717) is 0 Å². The summed E-state index contributed by atoms with van der Waals surface area (Å²) in [6, 6.07) is -2.14. The van der Waals surface area contributed by atoms with Crippen LogP contribution < -0.4 is 17.2 Å². The van der Waals surface area contributed by atoms with Crippen LogP contribution in [0.25, 0.3) is 0 Å². The van der Waals surface area contributed by atoms with Crippen molar-refractivity contribution in [3.63, 3.8) is 0 Å². The number of carboxylic acid groups (broad SMARTS) is 3. The molecule has 168 valence electrons. The lowest BCUT2D eigenvalue weighted by Gasteiger charge is -2.07. The van der Waals surface area contributed by atoms with Crippen molar-refractivity contribution in [1.82, 2.24) is 0 Å². The first kappa shape index (κ1) is 39.9. The second kappa shape index (κ2) is 20.4. The van der Waals surface area contributed by atoms with E-state index in [9.17, 15) is 14.4 Å². The first-order valence-corrected chi connectivity index (χ1v) is 7.61. The Morgan fingerprint density at radius 2 is 0.630 bits per heavy atom. The molecule has 3 atom stereocenters. The molecular formula is C15H36F3N3O6. The number of carbonyl (C=O) groups is 3. The van der Waals surface area contributed by atoms with Crippen LogP contribution in [-0.4, -0.2) is 51.4 Å². The van der Waals surface area contributed by atoms with E-state index in [4.69, 9.17) is 32.5 Å². The zero-order chi connectivity index (χ0) is 20.2. The van der Waals surface area contributed by atoms with Crippen LogP contribution in [0.2, 0.25) is 0 Å². The molecule has 0 amide bonds. The van der Waals surface area contributed by atoms with Crippen molar-refractivity contribution in [1.29, 1.82) is 0 Å². The lowest BCUT2D eigenvalue weighted by molar-refractivity contribution is -0.140. The lowest BCUT2D eigenvalue weighted by Crippen LogP contribution is -2.34. The van der Waals surface area contributed by atoms with Crippen LogP contribution in [-0.2, 0) is 14.4 Å². The number of carboxylic acids is 3. The molecular weight excluding hydrogens is 375 g/mol. The van der Waals surface area contributed by atoms with Crippen molar-refractivity contribution in [2.45, 2.75) is 59.7 Å². The minimum absolute atomic E-state index is 0. The summed E-state index contributed by atoms with van der Waals surface area (Å²) < 4.78 is 0. The molecule has 0 aliphatic heterocycles. The molecule has 9 N–H and O–H groups in total. The van der Waals surface area contributed by atoms with Gasteiger partial charge < -0.3 is 32.5 Å². The summed E-state index contributed by atoms with van der Waals surface area (Å²) in [6.07, 6.45) is 0. The van der Waals surface area contributed by atoms with Crippen molar-refractivity contribution < 1.29 is 43.8 Å². The monoisotopic (exact) mass is 411 g/mol. The van der Waals surface area contributed by atoms with E-state index < -0.39 is 36.0 Å². The van der Waals surface area contributed by atoms with Gasteiger partial charge in [-0.1, -0.05) is 41.5 Å². The Kier molecular flexibility index (Phi) is 30.2. The molecule has 0 saturated heterocycles. The van der Waals surface area contributed by atoms with Crippen LogP contribution in [0.3, 0.4) is 0 Å². The van der Waals surface area contributed by atoms with Crippen molar-refractivity contribution in [2.24, 2.45) is 35.0 Å². The van der Waals surface area contributed by atoms with Gasteiger partial charge in [-0.15, -0.1) is 0 Å². The molecule has 27 heavy (non-hydrogen) atoms. The molecule has 0 unspecified atom stereocenters. The Morgan fingerprint density at radius 3 is 0.630 bits per heavy atom. The Bertz CT molecular complexity index is 342. The second-order valence-corrected chi connectivity index (χ2v) is 6.32. The maximum absolute atomic E-state index is 10.0. The minimum Gasteiger partial charge on any atom is -0.480 e. The van der Waals surface area contributed by atoms with Crippen molar-refractivity contribution in [3.8, 4) is 0 Å². The van der Waals surface area contributed by atoms with Gasteiger partial charge in [0.05, 0.1) is 0 Å². The number of hydrogen-bond acceptors (Lipinski definition) is 6. The predicted octanol–water partition coefficient (Wildman–Crippen LogP) is 0.620. The molecule has 12 heteroatoms. The van der Waals surface area contributed by atoms with E-state index in [1.807, 2.05) is 0 Å². The molecule has 0 spiro atoms. The largest absolute Gasteiger partial charge is 0.480 e. The third kappa shape index (κ3) is 24.1. The van der Waals surface area contributed by atoms with Gasteiger partial charge >= 0.3 is 17.9 Å². The normalized spacial score (nSPS) is 12.4. The SMILES string of the molecule is CC(C)[C@H](N)C(=O)O.CC(C)[C@H](N)C(=O)O.CC(C)[C@H](N)C(=O)O.F.F.F. The summed E-state index contributed by atoms with van der Waals surface area (Å²) >= 11 is 0. The van der Waals surface area contributed by atoms with Crippen molar-refractivity contribution in [2.75, 3.05) is 0 Å². The highest BCUT2D eigenvalue weighted by Crippen LogP contribution is 1.97. The summed E-state index contributed by atoms with van der Waals surface area (Å²) in [7, 11) is 0. The van der Waals surface area contributed by atoms with Gasteiger partial charge in [0.1, 0.15) is 18.1 Å². The third-order valence-electron chi connectivity index (χ3n) is 3.01. The highest BCUT2D eigenvalue weighted by atomic mass is 19.0. The molecule has 0 saturated carbocycles.